The minimum Gasteiger partial charge on any atom is -0.311 e. The molecule has 1 aromatic carbocycles. The highest BCUT2D eigenvalue weighted by Crippen LogP contribution is 2.25. The van der Waals surface area contributed by atoms with Gasteiger partial charge in [-0.05, 0) is 36.1 Å². The zero-order valence-corrected chi connectivity index (χ0v) is 11.3. The van der Waals surface area contributed by atoms with Gasteiger partial charge in [0, 0.05) is 12.1 Å². The Morgan fingerprint density at radius 3 is 2.83 bits per heavy atom. The van der Waals surface area contributed by atoms with Crippen molar-refractivity contribution >= 4 is 11.5 Å². The van der Waals surface area contributed by atoms with Crippen molar-refractivity contribution in [1.82, 2.24) is 14.9 Å². The van der Waals surface area contributed by atoms with E-state index in [2.05, 4.69) is 28.8 Å². The minimum absolute atomic E-state index is 0.254. The van der Waals surface area contributed by atoms with Crippen molar-refractivity contribution in [2.45, 2.75) is 20.4 Å². The van der Waals surface area contributed by atoms with Crippen molar-refractivity contribution in [1.29, 1.82) is 0 Å². The molecule has 0 aliphatic rings. The highest BCUT2D eigenvalue weighted by molar-refractivity contribution is 7.05. The van der Waals surface area contributed by atoms with E-state index in [0.29, 0.717) is 23.7 Å². The lowest BCUT2D eigenvalue weighted by Gasteiger charge is -2.07. The molecule has 0 radical (unpaired) electrons. The molecule has 1 N–H and O–H groups in total. The first-order valence-corrected chi connectivity index (χ1v) is 6.72. The van der Waals surface area contributed by atoms with E-state index in [-0.39, 0.29) is 5.82 Å². The van der Waals surface area contributed by atoms with E-state index in [0.717, 1.165) is 11.4 Å². The van der Waals surface area contributed by atoms with Gasteiger partial charge in [-0.25, -0.2) is 4.39 Å². The molecule has 1 heterocycles. The third kappa shape index (κ3) is 3.11. The Kier molecular flexibility index (Phi) is 4.38. The molecule has 1 aromatic heterocycles. The Bertz CT molecular complexity index is 510. The van der Waals surface area contributed by atoms with Crippen molar-refractivity contribution in [2.24, 2.45) is 5.92 Å². The molecule has 2 rings (SSSR count). The molecular weight excluding hydrogens is 249 g/mol. The number of benzene rings is 1. The third-order valence-corrected chi connectivity index (χ3v) is 3.24. The number of nitrogens with one attached hydrogen (secondary N) is 1. The number of aromatic nitrogens is 2. The second-order valence-electron chi connectivity index (χ2n) is 4.55. The molecule has 96 valence electrons. The van der Waals surface area contributed by atoms with Crippen LogP contribution < -0.4 is 5.32 Å². The molecule has 0 fully saturated rings. The summed E-state index contributed by atoms with van der Waals surface area (Å²) in [5.41, 5.74) is 1.17. The molecule has 0 atom stereocenters. The summed E-state index contributed by atoms with van der Waals surface area (Å²) in [6, 6.07) is 6.66. The second-order valence-corrected chi connectivity index (χ2v) is 5.39. The van der Waals surface area contributed by atoms with Crippen molar-refractivity contribution < 1.29 is 4.39 Å². The first-order chi connectivity index (χ1) is 8.68. The van der Waals surface area contributed by atoms with Crippen molar-refractivity contribution in [3.8, 4) is 11.3 Å². The van der Waals surface area contributed by atoms with Crippen LogP contribution in [-0.2, 0) is 6.54 Å². The predicted octanol–water partition coefficient (Wildman–Crippen LogP) is 3.09. The molecule has 0 saturated carbocycles. The molecule has 3 nitrogen and oxygen atoms in total. The number of nitrogens with zero attached hydrogens (tertiary/aromatic N) is 2. The largest absolute Gasteiger partial charge is 0.311 e. The normalized spacial score (nSPS) is 11.1. The van der Waals surface area contributed by atoms with Gasteiger partial charge in [-0.15, -0.1) is 5.10 Å². The van der Waals surface area contributed by atoms with Gasteiger partial charge in [-0.3, -0.25) is 0 Å². The highest BCUT2D eigenvalue weighted by atomic mass is 32.1. The molecule has 5 heteroatoms. The molecule has 0 aliphatic carbocycles. The van der Waals surface area contributed by atoms with Crippen LogP contribution in [0.2, 0.25) is 0 Å². The van der Waals surface area contributed by atoms with Crippen LogP contribution >= 0.6 is 11.5 Å². The summed E-state index contributed by atoms with van der Waals surface area (Å²) in [7, 11) is 0. The van der Waals surface area contributed by atoms with Gasteiger partial charge in [0.25, 0.3) is 0 Å². The van der Waals surface area contributed by atoms with E-state index in [4.69, 9.17) is 0 Å². The van der Waals surface area contributed by atoms with E-state index in [1.807, 2.05) is 6.07 Å². The van der Waals surface area contributed by atoms with Crippen LogP contribution in [0.3, 0.4) is 0 Å². The monoisotopic (exact) mass is 265 g/mol. The average Bonchev–Trinajstić information content (AvgIpc) is 2.77. The Balaban J connectivity index is 2.15. The second kappa shape index (κ2) is 6.02. The molecule has 0 aliphatic heterocycles. The molecule has 0 spiro atoms. The summed E-state index contributed by atoms with van der Waals surface area (Å²) < 4.78 is 17.6. The van der Waals surface area contributed by atoms with Gasteiger partial charge < -0.3 is 5.32 Å². The summed E-state index contributed by atoms with van der Waals surface area (Å²) >= 11 is 1.31. The molecule has 0 amide bonds. The SMILES string of the molecule is CC(C)CNCc1snnc1-c1ccccc1F. The zero-order chi connectivity index (χ0) is 13.0. The minimum atomic E-state index is -0.254. The molecule has 0 saturated heterocycles. The summed E-state index contributed by atoms with van der Waals surface area (Å²) in [6.07, 6.45) is 0. The highest BCUT2D eigenvalue weighted by Gasteiger charge is 2.13. The van der Waals surface area contributed by atoms with Crippen LogP contribution in [0.1, 0.15) is 18.7 Å². The van der Waals surface area contributed by atoms with Crippen LogP contribution in [0, 0.1) is 11.7 Å². The van der Waals surface area contributed by atoms with Gasteiger partial charge in [0.2, 0.25) is 0 Å². The fourth-order valence-electron chi connectivity index (χ4n) is 1.66. The zero-order valence-electron chi connectivity index (χ0n) is 10.5. The quantitative estimate of drug-likeness (QED) is 0.902. The van der Waals surface area contributed by atoms with Gasteiger partial charge >= 0.3 is 0 Å². The van der Waals surface area contributed by atoms with Gasteiger partial charge in [-0.2, -0.15) is 0 Å². The van der Waals surface area contributed by atoms with Gasteiger partial charge in [0.05, 0.1) is 4.88 Å². The number of halogens is 1. The van der Waals surface area contributed by atoms with Crippen LogP contribution in [-0.4, -0.2) is 16.1 Å². The maximum Gasteiger partial charge on any atom is 0.132 e. The predicted molar refractivity (Wildman–Crippen MR) is 71.8 cm³/mol. The topological polar surface area (TPSA) is 37.8 Å². The number of rotatable bonds is 5. The third-order valence-electron chi connectivity index (χ3n) is 2.52. The summed E-state index contributed by atoms with van der Waals surface area (Å²) in [5, 5.41) is 7.36. The van der Waals surface area contributed by atoms with Crippen LogP contribution in [0.15, 0.2) is 24.3 Å². The Morgan fingerprint density at radius 1 is 1.33 bits per heavy atom. The number of hydrogen-bond donors (Lipinski definition) is 1. The fraction of sp³-hybridized carbons (Fsp3) is 0.385. The van der Waals surface area contributed by atoms with E-state index >= 15 is 0 Å². The van der Waals surface area contributed by atoms with E-state index in [9.17, 15) is 4.39 Å². The standard InChI is InChI=1S/C13H16FN3S/c1-9(2)7-15-8-12-13(16-17-18-12)10-5-3-4-6-11(10)14/h3-6,9,15H,7-8H2,1-2H3. The summed E-state index contributed by atoms with van der Waals surface area (Å²) in [6.45, 7) is 5.90. The van der Waals surface area contributed by atoms with Crippen LogP contribution in [0.4, 0.5) is 4.39 Å². The molecule has 0 bridgehead atoms. The van der Waals surface area contributed by atoms with Gasteiger partial charge in [0.1, 0.15) is 11.5 Å². The Hall–Kier alpha value is -1.33. The fourth-order valence-corrected chi connectivity index (χ4v) is 2.28. The molecule has 18 heavy (non-hydrogen) atoms. The van der Waals surface area contributed by atoms with Gasteiger partial charge in [0.15, 0.2) is 0 Å². The molecular formula is C13H16FN3S. The van der Waals surface area contributed by atoms with E-state index in [1.54, 1.807) is 12.1 Å². The van der Waals surface area contributed by atoms with E-state index < -0.39 is 0 Å². The maximum atomic E-state index is 13.7. The maximum absolute atomic E-state index is 13.7. The van der Waals surface area contributed by atoms with Crippen molar-refractivity contribution in [3.05, 3.63) is 35.0 Å². The first-order valence-electron chi connectivity index (χ1n) is 5.95. The van der Waals surface area contributed by atoms with E-state index in [1.165, 1.54) is 17.6 Å². The van der Waals surface area contributed by atoms with Gasteiger partial charge in [-0.1, -0.05) is 30.5 Å². The Morgan fingerprint density at radius 2 is 2.11 bits per heavy atom. The lowest BCUT2D eigenvalue weighted by atomic mass is 10.1. The lowest BCUT2D eigenvalue weighted by Crippen LogP contribution is -2.18. The van der Waals surface area contributed by atoms with Crippen LogP contribution in [0.25, 0.3) is 11.3 Å². The summed E-state index contributed by atoms with van der Waals surface area (Å²) in [4.78, 5) is 0.973. The average molecular weight is 265 g/mol. The lowest BCUT2D eigenvalue weighted by molar-refractivity contribution is 0.554. The van der Waals surface area contributed by atoms with Crippen molar-refractivity contribution in [2.75, 3.05) is 6.54 Å². The number of hydrogen-bond acceptors (Lipinski definition) is 4. The van der Waals surface area contributed by atoms with Crippen molar-refractivity contribution in [3.63, 3.8) is 0 Å². The smallest absolute Gasteiger partial charge is 0.132 e. The summed E-state index contributed by atoms with van der Waals surface area (Å²) in [5.74, 6) is 0.332. The molecule has 0 unspecified atom stereocenters. The van der Waals surface area contributed by atoms with Crippen LogP contribution in [0.5, 0.6) is 0 Å². The molecule has 2 aromatic rings. The first kappa shape index (κ1) is 13.1. The Labute approximate surface area is 110 Å².